The molecular formula is C21H25NO4. The number of nitrogens with zero attached hydrogens (tertiary/aromatic N) is 1. The smallest absolute Gasteiger partial charge is 0.223 e. The Balaban J connectivity index is 1.62. The summed E-state index contributed by atoms with van der Waals surface area (Å²) in [5.74, 6) is 2.40. The van der Waals surface area contributed by atoms with E-state index in [1.54, 1.807) is 21.3 Å². The molecule has 2 aromatic rings. The summed E-state index contributed by atoms with van der Waals surface area (Å²) in [7, 11) is 4.90. The topological polar surface area (TPSA) is 48.0 Å². The molecule has 0 bridgehead atoms. The quantitative estimate of drug-likeness (QED) is 0.798. The molecule has 1 aliphatic rings. The zero-order chi connectivity index (χ0) is 18.5. The number of carbonyl (C=O) groups is 1. The van der Waals surface area contributed by atoms with Gasteiger partial charge in [0.2, 0.25) is 5.91 Å². The van der Waals surface area contributed by atoms with E-state index in [2.05, 4.69) is 6.07 Å². The summed E-state index contributed by atoms with van der Waals surface area (Å²) in [5, 5.41) is 0. The Morgan fingerprint density at radius 1 is 0.962 bits per heavy atom. The number of methoxy groups -OCH3 is 3. The molecule has 0 fully saturated rings. The number of hydrogen-bond donors (Lipinski definition) is 0. The first-order valence-electron chi connectivity index (χ1n) is 8.79. The summed E-state index contributed by atoms with van der Waals surface area (Å²) >= 11 is 0. The predicted molar refractivity (Wildman–Crippen MR) is 100.0 cm³/mol. The molecule has 1 aliphatic heterocycles. The minimum absolute atomic E-state index is 0.174. The molecule has 2 aromatic carbocycles. The molecule has 26 heavy (non-hydrogen) atoms. The summed E-state index contributed by atoms with van der Waals surface area (Å²) in [6, 6.07) is 11.9. The van der Waals surface area contributed by atoms with E-state index in [0.717, 1.165) is 24.3 Å². The first kappa shape index (κ1) is 18.1. The Labute approximate surface area is 154 Å². The molecule has 3 rings (SSSR count). The van der Waals surface area contributed by atoms with E-state index in [-0.39, 0.29) is 5.91 Å². The molecule has 0 unspecified atom stereocenters. The minimum atomic E-state index is 0.174. The highest BCUT2D eigenvalue weighted by Gasteiger charge is 2.21. The van der Waals surface area contributed by atoms with Gasteiger partial charge in [-0.05, 0) is 53.8 Å². The molecule has 0 saturated heterocycles. The van der Waals surface area contributed by atoms with Gasteiger partial charge in [0.25, 0.3) is 0 Å². The van der Waals surface area contributed by atoms with Gasteiger partial charge >= 0.3 is 0 Å². The molecule has 0 atom stereocenters. The molecule has 0 N–H and O–H groups in total. The van der Waals surface area contributed by atoms with Crippen LogP contribution < -0.4 is 14.2 Å². The first-order chi connectivity index (χ1) is 12.6. The second kappa shape index (κ2) is 8.13. The second-order valence-corrected chi connectivity index (χ2v) is 6.39. The van der Waals surface area contributed by atoms with Crippen molar-refractivity contribution < 1.29 is 19.0 Å². The van der Waals surface area contributed by atoms with Gasteiger partial charge in [-0.25, -0.2) is 0 Å². The van der Waals surface area contributed by atoms with E-state index in [0.29, 0.717) is 30.9 Å². The zero-order valence-electron chi connectivity index (χ0n) is 15.6. The molecule has 0 aliphatic carbocycles. The molecule has 1 amide bonds. The molecule has 0 spiro atoms. The Kier molecular flexibility index (Phi) is 5.66. The van der Waals surface area contributed by atoms with Crippen molar-refractivity contribution in [1.29, 1.82) is 0 Å². The lowest BCUT2D eigenvalue weighted by atomic mass is 9.99. The third-order valence-electron chi connectivity index (χ3n) is 4.85. The van der Waals surface area contributed by atoms with Crippen LogP contribution in [0.25, 0.3) is 0 Å². The fraction of sp³-hybridized carbons (Fsp3) is 0.381. The first-order valence-corrected chi connectivity index (χ1v) is 8.79. The van der Waals surface area contributed by atoms with Gasteiger partial charge in [0.15, 0.2) is 11.5 Å². The summed E-state index contributed by atoms with van der Waals surface area (Å²) in [6.45, 7) is 1.42. The van der Waals surface area contributed by atoms with Gasteiger partial charge in [-0.15, -0.1) is 0 Å². The lowest BCUT2D eigenvalue weighted by Gasteiger charge is -2.29. The maximum atomic E-state index is 12.7. The highest BCUT2D eigenvalue weighted by molar-refractivity contribution is 5.77. The average molecular weight is 355 g/mol. The van der Waals surface area contributed by atoms with Crippen LogP contribution in [0.5, 0.6) is 17.2 Å². The van der Waals surface area contributed by atoms with Crippen LogP contribution in [0.4, 0.5) is 0 Å². The standard InChI is InChI=1S/C21H25NO4/c1-24-18-7-6-16-10-11-22(14-17(16)13-18)21(23)9-5-15-4-8-19(25-2)20(12-15)26-3/h4,6-8,12-13H,5,9-11,14H2,1-3H3. The number of amides is 1. The maximum Gasteiger partial charge on any atom is 0.223 e. The van der Waals surface area contributed by atoms with E-state index in [1.807, 2.05) is 35.2 Å². The largest absolute Gasteiger partial charge is 0.497 e. The van der Waals surface area contributed by atoms with Crippen molar-refractivity contribution >= 4 is 5.91 Å². The maximum absolute atomic E-state index is 12.7. The van der Waals surface area contributed by atoms with Crippen molar-refractivity contribution in [3.05, 3.63) is 53.1 Å². The van der Waals surface area contributed by atoms with Crippen molar-refractivity contribution in [3.8, 4) is 17.2 Å². The number of hydrogen-bond acceptors (Lipinski definition) is 4. The third kappa shape index (κ3) is 3.93. The third-order valence-corrected chi connectivity index (χ3v) is 4.85. The zero-order valence-corrected chi connectivity index (χ0v) is 15.6. The second-order valence-electron chi connectivity index (χ2n) is 6.39. The molecule has 0 aromatic heterocycles. The van der Waals surface area contributed by atoms with Crippen molar-refractivity contribution in [2.45, 2.75) is 25.8 Å². The Morgan fingerprint density at radius 3 is 2.50 bits per heavy atom. The highest BCUT2D eigenvalue weighted by Crippen LogP contribution is 2.28. The molecule has 5 nitrogen and oxygen atoms in total. The van der Waals surface area contributed by atoms with E-state index < -0.39 is 0 Å². The van der Waals surface area contributed by atoms with Gasteiger partial charge in [-0.3, -0.25) is 4.79 Å². The normalized spacial score (nSPS) is 13.1. The summed E-state index contributed by atoms with van der Waals surface area (Å²) in [6.07, 6.45) is 2.05. The molecule has 1 heterocycles. The fourth-order valence-corrected chi connectivity index (χ4v) is 3.32. The lowest BCUT2D eigenvalue weighted by Crippen LogP contribution is -2.36. The van der Waals surface area contributed by atoms with Gasteiger partial charge in [0, 0.05) is 19.5 Å². The van der Waals surface area contributed by atoms with Gasteiger partial charge in [-0.1, -0.05) is 12.1 Å². The number of ether oxygens (including phenoxy) is 3. The van der Waals surface area contributed by atoms with Gasteiger partial charge in [0.1, 0.15) is 5.75 Å². The average Bonchev–Trinajstić information content (AvgIpc) is 2.70. The monoisotopic (exact) mass is 355 g/mol. The van der Waals surface area contributed by atoms with E-state index in [4.69, 9.17) is 14.2 Å². The van der Waals surface area contributed by atoms with Crippen LogP contribution in [-0.2, 0) is 24.2 Å². The van der Waals surface area contributed by atoms with Crippen LogP contribution in [0.1, 0.15) is 23.1 Å². The van der Waals surface area contributed by atoms with Gasteiger partial charge in [-0.2, -0.15) is 0 Å². The SMILES string of the molecule is COc1ccc2c(c1)CN(C(=O)CCc1ccc(OC)c(OC)c1)CC2. The Bertz CT molecular complexity index is 788. The van der Waals surface area contributed by atoms with Crippen molar-refractivity contribution in [1.82, 2.24) is 4.90 Å². The van der Waals surface area contributed by atoms with Crippen molar-refractivity contribution in [3.63, 3.8) is 0 Å². The lowest BCUT2D eigenvalue weighted by molar-refractivity contribution is -0.132. The van der Waals surface area contributed by atoms with E-state index in [1.165, 1.54) is 11.1 Å². The highest BCUT2D eigenvalue weighted by atomic mass is 16.5. The number of fused-ring (bicyclic) bond motifs is 1. The Hall–Kier alpha value is -2.69. The van der Waals surface area contributed by atoms with Crippen LogP contribution in [0.2, 0.25) is 0 Å². The number of rotatable bonds is 6. The molecule has 0 radical (unpaired) electrons. The van der Waals surface area contributed by atoms with Gasteiger partial charge in [0.05, 0.1) is 21.3 Å². The number of aryl methyl sites for hydroxylation is 1. The van der Waals surface area contributed by atoms with Gasteiger partial charge < -0.3 is 19.1 Å². The van der Waals surface area contributed by atoms with Crippen LogP contribution in [0, 0.1) is 0 Å². The summed E-state index contributed by atoms with van der Waals surface area (Å²) in [4.78, 5) is 14.6. The molecular weight excluding hydrogens is 330 g/mol. The van der Waals surface area contributed by atoms with Crippen LogP contribution in [-0.4, -0.2) is 38.7 Å². The molecule has 0 saturated carbocycles. The molecule has 138 valence electrons. The summed E-state index contributed by atoms with van der Waals surface area (Å²) in [5.41, 5.74) is 3.54. The number of carbonyl (C=O) groups excluding carboxylic acids is 1. The van der Waals surface area contributed by atoms with Crippen LogP contribution in [0.15, 0.2) is 36.4 Å². The van der Waals surface area contributed by atoms with E-state index in [9.17, 15) is 4.79 Å². The Morgan fingerprint density at radius 2 is 1.77 bits per heavy atom. The van der Waals surface area contributed by atoms with Crippen LogP contribution >= 0.6 is 0 Å². The summed E-state index contributed by atoms with van der Waals surface area (Å²) < 4.78 is 15.9. The minimum Gasteiger partial charge on any atom is -0.497 e. The van der Waals surface area contributed by atoms with Crippen LogP contribution in [0.3, 0.4) is 0 Å². The van der Waals surface area contributed by atoms with Crippen molar-refractivity contribution in [2.24, 2.45) is 0 Å². The predicted octanol–water partition coefficient (Wildman–Crippen LogP) is 3.23. The van der Waals surface area contributed by atoms with Crippen molar-refractivity contribution in [2.75, 3.05) is 27.9 Å². The van der Waals surface area contributed by atoms with E-state index >= 15 is 0 Å². The number of benzene rings is 2. The fourth-order valence-electron chi connectivity index (χ4n) is 3.32. The molecule has 5 heteroatoms.